The summed E-state index contributed by atoms with van der Waals surface area (Å²) in [4.78, 5) is 11.8. The molecule has 0 aliphatic heterocycles. The monoisotopic (exact) mass is 308 g/mol. The summed E-state index contributed by atoms with van der Waals surface area (Å²) in [6.45, 7) is 1.93. The fourth-order valence-corrected chi connectivity index (χ4v) is 2.08. The number of nitrogens with one attached hydrogen (secondary N) is 2. The van der Waals surface area contributed by atoms with Gasteiger partial charge in [-0.25, -0.2) is 4.79 Å². The van der Waals surface area contributed by atoms with Crippen LogP contribution < -0.4 is 10.6 Å². The summed E-state index contributed by atoms with van der Waals surface area (Å²) in [5, 5.41) is 15.8. The lowest BCUT2D eigenvalue weighted by Crippen LogP contribution is -2.39. The van der Waals surface area contributed by atoms with Crippen LogP contribution in [0.2, 0.25) is 5.02 Å². The highest BCUT2D eigenvalue weighted by atomic mass is 35.5. The fourth-order valence-electron chi connectivity index (χ4n) is 1.88. The molecule has 1 heterocycles. The molecule has 0 radical (unpaired) electrons. The normalized spacial score (nSPS) is 13.5. The summed E-state index contributed by atoms with van der Waals surface area (Å²) >= 11 is 5.91. The van der Waals surface area contributed by atoms with Gasteiger partial charge in [0.05, 0.1) is 18.8 Å². The molecule has 0 fully saturated rings. The molecule has 2 aromatic rings. The van der Waals surface area contributed by atoms with Crippen molar-refractivity contribution in [1.82, 2.24) is 10.6 Å². The zero-order valence-corrected chi connectivity index (χ0v) is 12.3. The van der Waals surface area contributed by atoms with Crippen molar-refractivity contribution >= 4 is 17.6 Å². The molecule has 21 heavy (non-hydrogen) atoms. The minimum Gasteiger partial charge on any atom is -0.467 e. The lowest BCUT2D eigenvalue weighted by atomic mass is 10.1. The second kappa shape index (κ2) is 7.15. The Morgan fingerprint density at radius 1 is 1.38 bits per heavy atom. The smallest absolute Gasteiger partial charge is 0.315 e. The van der Waals surface area contributed by atoms with Crippen molar-refractivity contribution in [3.63, 3.8) is 0 Å². The van der Waals surface area contributed by atoms with Gasteiger partial charge in [0, 0.05) is 5.02 Å². The molecule has 0 aliphatic carbocycles. The Bertz CT molecular complexity index is 586. The highest BCUT2D eigenvalue weighted by Crippen LogP contribution is 2.17. The number of aliphatic hydroxyl groups is 1. The molecule has 0 bridgehead atoms. The Labute approximate surface area is 127 Å². The summed E-state index contributed by atoms with van der Waals surface area (Å²) in [6, 6.07) is 10.1. The van der Waals surface area contributed by atoms with E-state index in [1.807, 2.05) is 19.1 Å². The van der Waals surface area contributed by atoms with E-state index in [9.17, 15) is 9.90 Å². The Hall–Kier alpha value is -1.98. The Morgan fingerprint density at radius 2 is 2.19 bits per heavy atom. The molecule has 2 rings (SSSR count). The van der Waals surface area contributed by atoms with Crippen molar-refractivity contribution in [2.75, 3.05) is 6.54 Å². The van der Waals surface area contributed by atoms with E-state index in [0.717, 1.165) is 5.56 Å². The molecular weight excluding hydrogens is 292 g/mol. The summed E-state index contributed by atoms with van der Waals surface area (Å²) in [6.07, 6.45) is 0.604. The van der Waals surface area contributed by atoms with Gasteiger partial charge in [0.2, 0.25) is 0 Å². The Kier molecular flexibility index (Phi) is 5.25. The van der Waals surface area contributed by atoms with Crippen LogP contribution in [0.5, 0.6) is 0 Å². The number of hydrogen-bond acceptors (Lipinski definition) is 3. The van der Waals surface area contributed by atoms with Crippen molar-refractivity contribution in [2.24, 2.45) is 0 Å². The largest absolute Gasteiger partial charge is 0.467 e. The second-order valence-corrected chi connectivity index (χ2v) is 5.10. The highest BCUT2D eigenvalue weighted by molar-refractivity contribution is 6.30. The number of hydrogen-bond donors (Lipinski definition) is 3. The highest BCUT2D eigenvalue weighted by Gasteiger charge is 2.13. The molecule has 0 spiro atoms. The van der Waals surface area contributed by atoms with Gasteiger partial charge in [-0.3, -0.25) is 0 Å². The van der Waals surface area contributed by atoms with E-state index in [4.69, 9.17) is 16.0 Å². The SMILES string of the molecule is CC(NC(=O)NCC(O)c1ccco1)c1cccc(Cl)c1. The summed E-state index contributed by atoms with van der Waals surface area (Å²) in [5.74, 6) is 0.415. The number of aliphatic hydroxyl groups excluding tert-OH is 1. The van der Waals surface area contributed by atoms with Crippen LogP contribution in [0.1, 0.15) is 30.4 Å². The number of carbonyl (C=O) groups excluding carboxylic acids is 1. The van der Waals surface area contributed by atoms with Crippen LogP contribution in [0.4, 0.5) is 4.79 Å². The molecule has 2 amide bonds. The van der Waals surface area contributed by atoms with Gasteiger partial charge >= 0.3 is 6.03 Å². The maximum atomic E-state index is 11.8. The van der Waals surface area contributed by atoms with Gasteiger partial charge in [-0.15, -0.1) is 0 Å². The Balaban J connectivity index is 1.81. The molecule has 6 heteroatoms. The quantitative estimate of drug-likeness (QED) is 0.795. The zero-order chi connectivity index (χ0) is 15.2. The molecule has 5 nitrogen and oxygen atoms in total. The number of furan rings is 1. The van der Waals surface area contributed by atoms with Crippen molar-refractivity contribution in [2.45, 2.75) is 19.1 Å². The standard InChI is InChI=1S/C15H17ClN2O3/c1-10(11-4-2-5-12(16)8-11)18-15(20)17-9-13(19)14-6-3-7-21-14/h2-8,10,13,19H,9H2,1H3,(H2,17,18,20). The van der Waals surface area contributed by atoms with Crippen LogP contribution in [-0.2, 0) is 0 Å². The third-order valence-electron chi connectivity index (χ3n) is 3.02. The first kappa shape index (κ1) is 15.4. The van der Waals surface area contributed by atoms with Gasteiger partial charge in [-0.05, 0) is 36.8 Å². The first-order chi connectivity index (χ1) is 10.1. The molecule has 0 aliphatic rings. The lowest BCUT2D eigenvalue weighted by Gasteiger charge is -2.16. The van der Waals surface area contributed by atoms with Crippen LogP contribution in [0, 0.1) is 0 Å². The first-order valence-electron chi connectivity index (χ1n) is 6.57. The number of rotatable bonds is 5. The van der Waals surface area contributed by atoms with Gasteiger partial charge in [-0.1, -0.05) is 23.7 Å². The van der Waals surface area contributed by atoms with Crippen LogP contribution >= 0.6 is 11.6 Å². The molecule has 1 aromatic carbocycles. The third kappa shape index (κ3) is 4.51. The molecule has 0 saturated carbocycles. The minimum atomic E-state index is -0.868. The van der Waals surface area contributed by atoms with E-state index in [-0.39, 0.29) is 18.6 Å². The van der Waals surface area contributed by atoms with Crippen LogP contribution in [0.3, 0.4) is 0 Å². The maximum Gasteiger partial charge on any atom is 0.315 e. The molecule has 112 valence electrons. The fraction of sp³-hybridized carbons (Fsp3) is 0.267. The summed E-state index contributed by atoms with van der Waals surface area (Å²) in [5.41, 5.74) is 0.907. The summed E-state index contributed by atoms with van der Waals surface area (Å²) in [7, 11) is 0. The Morgan fingerprint density at radius 3 is 2.86 bits per heavy atom. The predicted octanol–water partition coefficient (Wildman–Crippen LogP) is 3.03. The van der Waals surface area contributed by atoms with Crippen LogP contribution in [0.15, 0.2) is 47.1 Å². The van der Waals surface area contributed by atoms with E-state index in [1.165, 1.54) is 6.26 Å². The second-order valence-electron chi connectivity index (χ2n) is 4.66. The third-order valence-corrected chi connectivity index (χ3v) is 3.26. The van der Waals surface area contributed by atoms with Crippen molar-refractivity contribution in [1.29, 1.82) is 0 Å². The predicted molar refractivity (Wildman–Crippen MR) is 80.1 cm³/mol. The maximum absolute atomic E-state index is 11.8. The topological polar surface area (TPSA) is 74.5 Å². The number of amides is 2. The van der Waals surface area contributed by atoms with E-state index in [0.29, 0.717) is 10.8 Å². The number of urea groups is 1. The molecule has 1 aromatic heterocycles. The van der Waals surface area contributed by atoms with Gasteiger partial charge in [0.15, 0.2) is 0 Å². The molecule has 3 N–H and O–H groups in total. The average molecular weight is 309 g/mol. The van der Waals surface area contributed by atoms with Crippen molar-refractivity contribution in [3.8, 4) is 0 Å². The number of carbonyl (C=O) groups is 1. The van der Waals surface area contributed by atoms with Gasteiger partial charge in [-0.2, -0.15) is 0 Å². The zero-order valence-electron chi connectivity index (χ0n) is 11.5. The van der Waals surface area contributed by atoms with Crippen molar-refractivity contribution < 1.29 is 14.3 Å². The molecule has 2 unspecified atom stereocenters. The first-order valence-corrected chi connectivity index (χ1v) is 6.95. The number of benzene rings is 1. The van der Waals surface area contributed by atoms with Crippen molar-refractivity contribution in [3.05, 3.63) is 59.0 Å². The lowest BCUT2D eigenvalue weighted by molar-refractivity contribution is 0.147. The number of halogens is 1. The van der Waals surface area contributed by atoms with E-state index >= 15 is 0 Å². The van der Waals surface area contributed by atoms with E-state index in [1.54, 1.807) is 24.3 Å². The van der Waals surface area contributed by atoms with E-state index in [2.05, 4.69) is 10.6 Å². The van der Waals surface area contributed by atoms with Gasteiger partial charge in [0.1, 0.15) is 11.9 Å². The minimum absolute atomic E-state index is 0.0710. The van der Waals surface area contributed by atoms with Crippen LogP contribution in [-0.4, -0.2) is 17.7 Å². The molecule has 2 atom stereocenters. The van der Waals surface area contributed by atoms with Crippen LogP contribution in [0.25, 0.3) is 0 Å². The molecule has 0 saturated heterocycles. The van der Waals surface area contributed by atoms with E-state index < -0.39 is 6.10 Å². The summed E-state index contributed by atoms with van der Waals surface area (Å²) < 4.78 is 5.05. The van der Waals surface area contributed by atoms with Gasteiger partial charge in [0.25, 0.3) is 0 Å². The molecular formula is C15H17ClN2O3. The van der Waals surface area contributed by atoms with Gasteiger partial charge < -0.3 is 20.2 Å². The average Bonchev–Trinajstić information content (AvgIpc) is 2.99.